The van der Waals surface area contributed by atoms with Crippen LogP contribution in [-0.4, -0.2) is 9.13 Å². The molecule has 2 aromatic heterocycles. The van der Waals surface area contributed by atoms with Crippen molar-refractivity contribution in [3.63, 3.8) is 0 Å². The lowest BCUT2D eigenvalue weighted by Gasteiger charge is -2.22. The maximum Gasteiger partial charge on any atom is 0.0541 e. The molecule has 0 radical (unpaired) electrons. The van der Waals surface area contributed by atoms with Gasteiger partial charge in [0, 0.05) is 38.0 Å². The van der Waals surface area contributed by atoms with Gasteiger partial charge in [0.25, 0.3) is 0 Å². The molecule has 1 aliphatic carbocycles. The summed E-state index contributed by atoms with van der Waals surface area (Å²) in [6.45, 7) is 4.76. The average Bonchev–Trinajstić information content (AvgIpc) is 3.88. The second kappa shape index (κ2) is 12.8. The first-order valence-corrected chi connectivity index (χ1v) is 20.6. The number of hydrogen-bond donors (Lipinski definition) is 0. The molecule has 0 fully saturated rings. The molecule has 9 aromatic carbocycles. The number of benzene rings is 9. The summed E-state index contributed by atoms with van der Waals surface area (Å²) in [5.74, 6) is 0. The molecule has 0 bridgehead atoms. The van der Waals surface area contributed by atoms with Crippen molar-refractivity contribution < 1.29 is 0 Å². The lowest BCUT2D eigenvalue weighted by molar-refractivity contribution is 0.660. The molecule has 0 spiro atoms. The van der Waals surface area contributed by atoms with Crippen molar-refractivity contribution in [3.05, 3.63) is 216 Å². The van der Waals surface area contributed by atoms with E-state index in [1.807, 2.05) is 0 Å². The predicted octanol–water partition coefficient (Wildman–Crippen LogP) is 15.2. The van der Waals surface area contributed by atoms with Gasteiger partial charge in [-0.2, -0.15) is 0 Å². The van der Waals surface area contributed by atoms with Gasteiger partial charge < -0.3 is 9.13 Å². The van der Waals surface area contributed by atoms with Gasteiger partial charge in [0.05, 0.1) is 27.8 Å². The lowest BCUT2D eigenvalue weighted by atomic mass is 9.81. The zero-order chi connectivity index (χ0) is 39.2. The van der Waals surface area contributed by atoms with Gasteiger partial charge in [-0.25, -0.2) is 0 Å². The van der Waals surface area contributed by atoms with Crippen LogP contribution < -0.4 is 0 Å². The monoisotopic (exact) mass is 752 g/mol. The number of aromatic nitrogens is 2. The van der Waals surface area contributed by atoms with Gasteiger partial charge in [-0.3, -0.25) is 0 Å². The van der Waals surface area contributed by atoms with Crippen molar-refractivity contribution >= 4 is 66.5 Å². The summed E-state index contributed by atoms with van der Waals surface area (Å²) >= 11 is 0. The van der Waals surface area contributed by atoms with E-state index in [1.54, 1.807) is 0 Å². The number of rotatable bonds is 5. The quantitative estimate of drug-likeness (QED) is 0.155. The highest BCUT2D eigenvalue weighted by Gasteiger charge is 2.35. The molecule has 11 aromatic rings. The van der Waals surface area contributed by atoms with Crippen molar-refractivity contribution in [1.29, 1.82) is 0 Å². The molecule has 12 rings (SSSR count). The fraction of sp³-hybridized carbons (Fsp3) is 0.0526. The summed E-state index contributed by atoms with van der Waals surface area (Å²) in [6, 6.07) is 71.5. The number of hydrogen-bond acceptors (Lipinski definition) is 0. The number of fused-ring (bicyclic) bond motifs is 10. The van der Waals surface area contributed by atoms with Gasteiger partial charge in [0.15, 0.2) is 0 Å². The van der Waals surface area contributed by atoms with Crippen molar-refractivity contribution in [3.8, 4) is 33.6 Å². The van der Waals surface area contributed by atoms with E-state index in [0.29, 0.717) is 0 Å². The van der Waals surface area contributed by atoms with Crippen LogP contribution in [0.5, 0.6) is 0 Å². The van der Waals surface area contributed by atoms with E-state index < -0.39 is 0 Å². The summed E-state index contributed by atoms with van der Waals surface area (Å²) < 4.78 is 4.81. The Morgan fingerprint density at radius 2 is 0.898 bits per heavy atom. The van der Waals surface area contributed by atoms with E-state index >= 15 is 0 Å². The molecular formula is C57H40N2. The Morgan fingerprint density at radius 1 is 0.373 bits per heavy atom. The minimum atomic E-state index is -0.142. The molecule has 0 aliphatic heterocycles. The molecule has 0 N–H and O–H groups in total. The molecule has 0 saturated carbocycles. The Hall–Kier alpha value is -7.42. The fourth-order valence-electron chi connectivity index (χ4n) is 10.00. The minimum Gasteiger partial charge on any atom is -0.309 e. The molecule has 0 saturated heterocycles. The lowest BCUT2D eigenvalue weighted by Crippen LogP contribution is -2.15. The Kier molecular flexibility index (Phi) is 7.31. The fourth-order valence-corrected chi connectivity index (χ4v) is 10.00. The van der Waals surface area contributed by atoms with E-state index in [2.05, 4.69) is 229 Å². The van der Waals surface area contributed by atoms with Gasteiger partial charge in [0.1, 0.15) is 0 Å². The van der Waals surface area contributed by atoms with Crippen LogP contribution in [0.1, 0.15) is 36.1 Å². The molecule has 2 heterocycles. The third-order valence-electron chi connectivity index (χ3n) is 12.9. The number of para-hydroxylation sites is 3. The van der Waals surface area contributed by atoms with E-state index in [0.717, 1.165) is 0 Å². The molecule has 0 atom stereocenters. The molecule has 2 nitrogen and oxygen atoms in total. The predicted molar refractivity (Wildman–Crippen MR) is 251 cm³/mol. The van der Waals surface area contributed by atoms with Gasteiger partial charge in [-0.15, -0.1) is 0 Å². The Bertz CT molecular complexity index is 3510. The molecular weight excluding hydrogens is 713 g/mol. The molecule has 2 heteroatoms. The van der Waals surface area contributed by atoms with Crippen LogP contribution in [-0.2, 0) is 5.41 Å². The Labute approximate surface area is 343 Å². The summed E-state index contributed by atoms with van der Waals surface area (Å²) in [5, 5.41) is 7.58. The Morgan fingerprint density at radius 3 is 1.69 bits per heavy atom. The summed E-state index contributed by atoms with van der Waals surface area (Å²) in [5.41, 5.74) is 17.4. The maximum absolute atomic E-state index is 2.44. The van der Waals surface area contributed by atoms with Crippen molar-refractivity contribution in [2.45, 2.75) is 19.3 Å². The van der Waals surface area contributed by atoms with Crippen molar-refractivity contribution in [2.24, 2.45) is 0 Å². The van der Waals surface area contributed by atoms with E-state index in [9.17, 15) is 0 Å². The van der Waals surface area contributed by atoms with E-state index in [-0.39, 0.29) is 5.41 Å². The summed E-state index contributed by atoms with van der Waals surface area (Å²) in [7, 11) is 0. The van der Waals surface area contributed by atoms with Gasteiger partial charge in [-0.1, -0.05) is 159 Å². The molecule has 1 aliphatic rings. The summed E-state index contributed by atoms with van der Waals surface area (Å²) in [4.78, 5) is 0. The second-order valence-corrected chi connectivity index (χ2v) is 16.6. The molecule has 0 unspecified atom stereocenters. The van der Waals surface area contributed by atoms with Crippen LogP contribution in [0.25, 0.3) is 100 Å². The van der Waals surface area contributed by atoms with Crippen molar-refractivity contribution in [2.75, 3.05) is 0 Å². The zero-order valence-electron chi connectivity index (χ0n) is 33.0. The third kappa shape index (κ3) is 5.13. The maximum atomic E-state index is 2.44. The number of nitrogens with zero attached hydrogens (tertiary/aromatic N) is 2. The topological polar surface area (TPSA) is 9.86 Å². The minimum absolute atomic E-state index is 0.142. The SMILES string of the molecule is CC1(C)c2cc(C=Cc3ccc4c(c3)c3ccccc3n4-c3ccccc3)ccc2-c2ccc(-c3ccc4c(c3)c3ccccc3n4-c3cccc4ccccc34)cc21. The molecule has 59 heavy (non-hydrogen) atoms. The largest absolute Gasteiger partial charge is 0.309 e. The smallest absolute Gasteiger partial charge is 0.0541 e. The van der Waals surface area contributed by atoms with E-state index in [1.165, 1.54) is 110 Å². The third-order valence-corrected chi connectivity index (χ3v) is 12.9. The van der Waals surface area contributed by atoms with E-state index in [4.69, 9.17) is 0 Å². The molecule has 278 valence electrons. The van der Waals surface area contributed by atoms with Gasteiger partial charge in [0.2, 0.25) is 0 Å². The average molecular weight is 753 g/mol. The van der Waals surface area contributed by atoms with Crippen LogP contribution in [0, 0.1) is 0 Å². The van der Waals surface area contributed by atoms with Crippen LogP contribution >= 0.6 is 0 Å². The highest BCUT2D eigenvalue weighted by Crippen LogP contribution is 2.50. The highest BCUT2D eigenvalue weighted by atomic mass is 15.0. The molecule has 0 amide bonds. The van der Waals surface area contributed by atoms with Gasteiger partial charge in [-0.05, 0) is 111 Å². The first kappa shape index (κ1) is 33.7. The zero-order valence-corrected chi connectivity index (χ0v) is 33.0. The Balaban J connectivity index is 0.890. The normalized spacial score (nSPS) is 13.3. The van der Waals surface area contributed by atoms with Crippen LogP contribution in [0.3, 0.4) is 0 Å². The standard InChI is InChI=1S/C57H40N2/c1-57(2)50-34-38(24-23-37-26-31-55-48(33-37)46-18-8-10-20-53(46)58(55)42-15-4-3-5-16-42)25-29-44(50)45-30-27-41(36-51(45)57)40-28-32-56-49(35-40)47-19-9-11-21-54(47)59(56)52-22-12-14-39-13-6-7-17-43(39)52/h3-36H,1-2H3. The second-order valence-electron chi connectivity index (χ2n) is 16.6. The van der Waals surface area contributed by atoms with Gasteiger partial charge >= 0.3 is 0 Å². The van der Waals surface area contributed by atoms with Crippen LogP contribution in [0.2, 0.25) is 0 Å². The van der Waals surface area contributed by atoms with Crippen LogP contribution in [0.15, 0.2) is 194 Å². The first-order chi connectivity index (χ1) is 29.0. The first-order valence-electron chi connectivity index (χ1n) is 20.6. The van der Waals surface area contributed by atoms with Crippen molar-refractivity contribution in [1.82, 2.24) is 9.13 Å². The summed E-state index contributed by atoms with van der Waals surface area (Å²) in [6.07, 6.45) is 4.53. The van der Waals surface area contributed by atoms with Crippen LogP contribution in [0.4, 0.5) is 0 Å². The highest BCUT2D eigenvalue weighted by molar-refractivity contribution is 6.12.